The Labute approximate surface area is 348 Å². The second kappa shape index (κ2) is 19.2. The standard InChI is InChI=1S/C45H78O9SSi2/c1-30-23-34(21-22-39-31(2)24-35(52-39)25-32(3)46)51-40(33(30)4)27-41-38(29-55(47,48)37-19-17-16-18-20-37)43(49-11)42(53-41)26-36(54-57(14,15)45(8,9)10)28-50-56(12,13)44(5,6)7/h16-20,30,32,34-36,38-43,46H,2,4,21-29H2,1,3,5-15H3/t30-,32?,34+,35+,36+,38+,39+,40-,41+,42-,43-/m1/s1. The Balaban J connectivity index is 1.60. The Morgan fingerprint density at radius 2 is 1.49 bits per heavy atom. The van der Waals surface area contributed by atoms with Crippen molar-refractivity contribution in [2.24, 2.45) is 11.8 Å². The molecule has 11 atom stereocenters. The first kappa shape index (κ1) is 48.5. The zero-order valence-corrected chi connectivity index (χ0v) is 40.5. The summed E-state index contributed by atoms with van der Waals surface area (Å²) in [5.41, 5.74) is 2.09. The molecule has 4 rings (SSSR count). The molecule has 57 heavy (non-hydrogen) atoms. The van der Waals surface area contributed by atoms with Crippen molar-refractivity contribution in [3.8, 4) is 0 Å². The van der Waals surface area contributed by atoms with Crippen LogP contribution in [0.5, 0.6) is 0 Å². The molecule has 1 aromatic rings. The minimum absolute atomic E-state index is 0.00277. The molecule has 0 spiro atoms. The number of sulfone groups is 1. The topological polar surface area (TPSA) is 110 Å². The van der Waals surface area contributed by atoms with Gasteiger partial charge in [-0.15, -0.1) is 0 Å². The van der Waals surface area contributed by atoms with Crippen LogP contribution >= 0.6 is 0 Å². The van der Waals surface area contributed by atoms with Crippen LogP contribution in [-0.4, -0.2) is 105 Å². The lowest BCUT2D eigenvalue weighted by atomic mass is 9.83. The number of aliphatic hydroxyl groups is 1. The number of hydrogen-bond acceptors (Lipinski definition) is 9. The number of benzene rings is 1. The Morgan fingerprint density at radius 1 is 0.877 bits per heavy atom. The van der Waals surface area contributed by atoms with E-state index in [2.05, 4.69) is 87.8 Å². The van der Waals surface area contributed by atoms with E-state index in [1.165, 1.54) is 0 Å². The van der Waals surface area contributed by atoms with Gasteiger partial charge < -0.3 is 32.9 Å². The van der Waals surface area contributed by atoms with Crippen LogP contribution in [0.4, 0.5) is 0 Å². The van der Waals surface area contributed by atoms with E-state index in [0.717, 1.165) is 36.8 Å². The van der Waals surface area contributed by atoms with Crippen molar-refractivity contribution in [3.63, 3.8) is 0 Å². The van der Waals surface area contributed by atoms with Crippen LogP contribution in [0.25, 0.3) is 0 Å². The number of methoxy groups -OCH3 is 1. The zero-order chi connectivity index (χ0) is 42.7. The summed E-state index contributed by atoms with van der Waals surface area (Å²) in [6, 6.07) is 8.67. The largest absolute Gasteiger partial charge is 0.414 e. The number of aliphatic hydroxyl groups excluding tert-OH is 1. The van der Waals surface area contributed by atoms with Gasteiger partial charge >= 0.3 is 0 Å². The van der Waals surface area contributed by atoms with Gasteiger partial charge in [0.05, 0.1) is 72.2 Å². The summed E-state index contributed by atoms with van der Waals surface area (Å²) in [7, 11) is -6.36. The molecule has 326 valence electrons. The molecule has 3 aliphatic heterocycles. The molecule has 0 aromatic heterocycles. The smallest absolute Gasteiger partial charge is 0.192 e. The highest BCUT2D eigenvalue weighted by atomic mass is 32.2. The predicted molar refractivity (Wildman–Crippen MR) is 235 cm³/mol. The maximum absolute atomic E-state index is 14.1. The van der Waals surface area contributed by atoms with Gasteiger partial charge in [0, 0.05) is 25.9 Å². The molecule has 1 N–H and O–H groups in total. The van der Waals surface area contributed by atoms with Crippen LogP contribution in [0.15, 0.2) is 59.5 Å². The molecular weight excluding hydrogens is 773 g/mol. The SMILES string of the molecule is C=C1C[C@@H](CC(C)O)O[C@H]1CC[C@H]1C[C@@H](C)C(=C)[C@@H](C[C@@H]2O[C@H](C[C@@H](CO[Si](C)(C)C(C)(C)C)O[Si](C)(C)C(C)(C)C)[C@H](OC)[C@H]2CS(=O)(=O)c2ccccc2)O1. The summed E-state index contributed by atoms with van der Waals surface area (Å²) in [6.45, 7) is 35.7. The summed E-state index contributed by atoms with van der Waals surface area (Å²) in [4.78, 5) is 0.294. The van der Waals surface area contributed by atoms with Crippen molar-refractivity contribution >= 4 is 26.5 Å². The Kier molecular flexibility index (Phi) is 16.4. The van der Waals surface area contributed by atoms with Gasteiger partial charge in [-0.2, -0.15) is 0 Å². The second-order valence-electron chi connectivity index (χ2n) is 20.4. The molecule has 0 saturated carbocycles. The van der Waals surface area contributed by atoms with Crippen LogP contribution in [0, 0.1) is 11.8 Å². The molecular formula is C45H78O9SSi2. The van der Waals surface area contributed by atoms with Crippen molar-refractivity contribution in [1.29, 1.82) is 0 Å². The van der Waals surface area contributed by atoms with Gasteiger partial charge in [-0.05, 0) is 104 Å². The predicted octanol–water partition coefficient (Wildman–Crippen LogP) is 9.67. The van der Waals surface area contributed by atoms with E-state index in [1.54, 1.807) is 38.3 Å². The van der Waals surface area contributed by atoms with E-state index in [0.29, 0.717) is 30.8 Å². The van der Waals surface area contributed by atoms with E-state index >= 15 is 0 Å². The van der Waals surface area contributed by atoms with Gasteiger partial charge in [0.25, 0.3) is 0 Å². The van der Waals surface area contributed by atoms with Crippen molar-refractivity contribution in [1.82, 2.24) is 0 Å². The van der Waals surface area contributed by atoms with Gasteiger partial charge in [0.1, 0.15) is 0 Å². The number of rotatable bonds is 18. The van der Waals surface area contributed by atoms with E-state index in [1.807, 2.05) is 6.07 Å². The molecule has 0 radical (unpaired) electrons. The fourth-order valence-corrected chi connectivity index (χ4v) is 12.2. The normalized spacial score (nSPS) is 30.5. The first-order chi connectivity index (χ1) is 26.2. The molecule has 0 aliphatic carbocycles. The molecule has 3 fully saturated rings. The average molecular weight is 851 g/mol. The maximum Gasteiger partial charge on any atom is 0.192 e. The average Bonchev–Trinajstić information content (AvgIpc) is 3.60. The van der Waals surface area contributed by atoms with Gasteiger partial charge in [-0.3, -0.25) is 0 Å². The lowest BCUT2D eigenvalue weighted by Gasteiger charge is -2.42. The van der Waals surface area contributed by atoms with Crippen LogP contribution < -0.4 is 0 Å². The molecule has 1 aromatic carbocycles. The first-order valence-corrected chi connectivity index (χ1v) is 28.8. The Bertz CT molecular complexity index is 1580. The Hall–Kier alpha value is -1.20. The summed E-state index contributed by atoms with van der Waals surface area (Å²) in [5, 5.41) is 9.92. The fraction of sp³-hybridized carbons (Fsp3) is 0.778. The third-order valence-corrected chi connectivity index (χ3v) is 24.6. The summed E-state index contributed by atoms with van der Waals surface area (Å²) in [5.74, 6) is -0.341. The van der Waals surface area contributed by atoms with E-state index in [4.69, 9.17) is 27.8 Å². The third-order valence-electron chi connectivity index (χ3n) is 13.7. The minimum atomic E-state index is -3.68. The summed E-state index contributed by atoms with van der Waals surface area (Å²) >= 11 is 0. The molecule has 3 heterocycles. The molecule has 9 nitrogen and oxygen atoms in total. The molecule has 12 heteroatoms. The maximum atomic E-state index is 14.1. The minimum Gasteiger partial charge on any atom is -0.414 e. The number of ether oxygens (including phenoxy) is 4. The van der Waals surface area contributed by atoms with Crippen molar-refractivity contribution in [3.05, 3.63) is 54.6 Å². The van der Waals surface area contributed by atoms with Gasteiger partial charge in [0.2, 0.25) is 0 Å². The van der Waals surface area contributed by atoms with Gasteiger partial charge in [0.15, 0.2) is 26.5 Å². The first-order valence-electron chi connectivity index (χ1n) is 21.4. The number of hydrogen-bond donors (Lipinski definition) is 1. The lowest BCUT2D eigenvalue weighted by molar-refractivity contribution is -0.0785. The second-order valence-corrected chi connectivity index (χ2v) is 32.0. The molecule has 0 amide bonds. The van der Waals surface area contributed by atoms with Gasteiger partial charge in [-0.25, -0.2) is 8.42 Å². The van der Waals surface area contributed by atoms with Crippen molar-refractivity contribution in [2.45, 2.75) is 196 Å². The monoisotopic (exact) mass is 850 g/mol. The molecule has 3 saturated heterocycles. The fourth-order valence-electron chi connectivity index (χ4n) is 8.11. The summed E-state index contributed by atoms with van der Waals surface area (Å²) in [6.07, 6.45) is 2.42. The van der Waals surface area contributed by atoms with Gasteiger partial charge in [-0.1, -0.05) is 79.8 Å². The van der Waals surface area contributed by atoms with Crippen LogP contribution in [-0.2, 0) is 37.6 Å². The highest BCUT2D eigenvalue weighted by Gasteiger charge is 2.50. The third kappa shape index (κ3) is 12.7. The molecule has 0 bridgehead atoms. The van der Waals surface area contributed by atoms with E-state index in [9.17, 15) is 13.5 Å². The zero-order valence-electron chi connectivity index (χ0n) is 37.6. The lowest BCUT2D eigenvalue weighted by Crippen LogP contribution is -2.49. The Morgan fingerprint density at radius 3 is 2.07 bits per heavy atom. The van der Waals surface area contributed by atoms with Crippen molar-refractivity contribution in [2.75, 3.05) is 19.5 Å². The molecule has 1 unspecified atom stereocenters. The van der Waals surface area contributed by atoms with E-state index in [-0.39, 0.29) is 52.3 Å². The van der Waals surface area contributed by atoms with Crippen LogP contribution in [0.1, 0.15) is 100 Å². The summed E-state index contributed by atoms with van der Waals surface area (Å²) < 4.78 is 68.5. The highest BCUT2D eigenvalue weighted by molar-refractivity contribution is 7.91. The highest BCUT2D eigenvalue weighted by Crippen LogP contribution is 2.44. The van der Waals surface area contributed by atoms with Crippen molar-refractivity contribution < 1.29 is 41.3 Å². The van der Waals surface area contributed by atoms with Crippen LogP contribution in [0.3, 0.4) is 0 Å². The van der Waals surface area contributed by atoms with Crippen LogP contribution in [0.2, 0.25) is 36.3 Å². The quantitative estimate of drug-likeness (QED) is 0.114. The molecule has 3 aliphatic rings. The van der Waals surface area contributed by atoms with E-state index < -0.39 is 56.8 Å².